The molecule has 0 aliphatic rings. The lowest BCUT2D eigenvalue weighted by Gasteiger charge is -2.07. The molecule has 90 valence electrons. The van der Waals surface area contributed by atoms with Gasteiger partial charge < -0.3 is 9.40 Å². The minimum absolute atomic E-state index is 0.117. The lowest BCUT2D eigenvalue weighted by Crippen LogP contribution is -2.17. The van der Waals surface area contributed by atoms with Gasteiger partial charge in [0.1, 0.15) is 5.76 Å². The summed E-state index contributed by atoms with van der Waals surface area (Å²) < 4.78 is 6.11. The summed E-state index contributed by atoms with van der Waals surface area (Å²) >= 11 is 2.02. The highest BCUT2D eigenvalue weighted by Gasteiger charge is 2.14. The van der Waals surface area contributed by atoms with Crippen molar-refractivity contribution < 1.29 is 4.42 Å². The van der Waals surface area contributed by atoms with Crippen LogP contribution < -0.4 is 5.56 Å². The zero-order valence-corrected chi connectivity index (χ0v) is 12.0. The van der Waals surface area contributed by atoms with Gasteiger partial charge in [0.2, 0.25) is 0 Å². The summed E-state index contributed by atoms with van der Waals surface area (Å²) in [4.78, 5) is 19.0. The average Bonchev–Trinajstić information content (AvgIpc) is 2.68. The maximum atomic E-state index is 11.8. The van der Waals surface area contributed by atoms with Crippen LogP contribution in [0.3, 0.4) is 0 Å². The van der Waals surface area contributed by atoms with Crippen LogP contribution in [0.2, 0.25) is 0 Å². The summed E-state index contributed by atoms with van der Waals surface area (Å²) in [7, 11) is 0. The van der Waals surface area contributed by atoms with Gasteiger partial charge in [0.25, 0.3) is 5.56 Å². The van der Waals surface area contributed by atoms with E-state index in [2.05, 4.69) is 9.97 Å². The molecule has 0 fully saturated rings. The van der Waals surface area contributed by atoms with Crippen molar-refractivity contribution in [2.45, 2.75) is 26.7 Å². The van der Waals surface area contributed by atoms with Crippen molar-refractivity contribution in [3.63, 3.8) is 0 Å². The number of aromatic nitrogens is 2. The molecule has 2 aromatic heterocycles. The van der Waals surface area contributed by atoms with Crippen LogP contribution in [0.5, 0.6) is 0 Å². The Bertz CT molecular complexity index is 599. The molecule has 0 bridgehead atoms. The van der Waals surface area contributed by atoms with Gasteiger partial charge in [-0.2, -0.15) is 0 Å². The zero-order valence-electron chi connectivity index (χ0n) is 9.87. The number of hydrogen-bond donors (Lipinski definition) is 1. The van der Waals surface area contributed by atoms with Crippen LogP contribution in [-0.4, -0.2) is 9.97 Å². The standard InChI is InChI=1S/C12H13IN2O2/c1-6(2)10-9(13)12(16)15-11(14-10)8-5-4-7(3)17-8/h4-6H,1-3H3,(H,14,15,16). The topological polar surface area (TPSA) is 58.9 Å². The number of aromatic amines is 1. The summed E-state index contributed by atoms with van der Waals surface area (Å²) in [5, 5.41) is 0. The molecule has 0 aromatic carbocycles. The summed E-state index contributed by atoms with van der Waals surface area (Å²) in [6, 6.07) is 3.66. The Labute approximate surface area is 113 Å². The first-order chi connectivity index (χ1) is 7.99. The molecule has 0 atom stereocenters. The van der Waals surface area contributed by atoms with E-state index in [1.807, 2.05) is 55.5 Å². The van der Waals surface area contributed by atoms with Crippen molar-refractivity contribution >= 4 is 22.6 Å². The predicted octanol–water partition coefficient (Wildman–Crippen LogP) is 3.07. The second kappa shape index (κ2) is 4.64. The Morgan fingerprint density at radius 1 is 1.41 bits per heavy atom. The Balaban J connectivity index is 2.61. The van der Waals surface area contributed by atoms with Gasteiger partial charge >= 0.3 is 0 Å². The molecule has 0 radical (unpaired) electrons. The number of aryl methyl sites for hydroxylation is 1. The Hall–Kier alpha value is -1.11. The molecule has 17 heavy (non-hydrogen) atoms. The second-order valence-corrected chi connectivity index (χ2v) is 5.26. The van der Waals surface area contributed by atoms with Crippen LogP contribution in [0.15, 0.2) is 21.3 Å². The molecule has 0 amide bonds. The molecule has 5 heteroatoms. The molecule has 2 heterocycles. The molecule has 0 saturated heterocycles. The number of nitrogens with one attached hydrogen (secondary N) is 1. The van der Waals surface area contributed by atoms with Crippen LogP contribution in [0.25, 0.3) is 11.6 Å². The summed E-state index contributed by atoms with van der Waals surface area (Å²) in [5.74, 6) is 2.09. The summed E-state index contributed by atoms with van der Waals surface area (Å²) in [6.07, 6.45) is 0. The van der Waals surface area contributed by atoms with Gasteiger partial charge in [-0.15, -0.1) is 0 Å². The molecule has 2 rings (SSSR count). The van der Waals surface area contributed by atoms with Crippen LogP contribution >= 0.6 is 22.6 Å². The molecule has 2 aromatic rings. The quantitative estimate of drug-likeness (QED) is 0.852. The van der Waals surface area contributed by atoms with Gasteiger partial charge in [-0.05, 0) is 47.6 Å². The van der Waals surface area contributed by atoms with E-state index in [0.717, 1.165) is 11.5 Å². The molecule has 1 N–H and O–H groups in total. The number of rotatable bonds is 2. The Morgan fingerprint density at radius 3 is 2.65 bits per heavy atom. The average molecular weight is 344 g/mol. The van der Waals surface area contributed by atoms with Crippen molar-refractivity contribution in [3.8, 4) is 11.6 Å². The molecule has 4 nitrogen and oxygen atoms in total. The molecule has 0 spiro atoms. The maximum absolute atomic E-state index is 11.8. The van der Waals surface area contributed by atoms with Gasteiger partial charge in [-0.25, -0.2) is 4.98 Å². The third-order valence-corrected chi connectivity index (χ3v) is 3.45. The monoisotopic (exact) mass is 344 g/mol. The van der Waals surface area contributed by atoms with Crippen molar-refractivity contribution in [3.05, 3.63) is 37.5 Å². The van der Waals surface area contributed by atoms with Crippen molar-refractivity contribution in [1.29, 1.82) is 0 Å². The summed E-state index contributed by atoms with van der Waals surface area (Å²) in [6.45, 7) is 5.89. The normalized spacial score (nSPS) is 11.1. The molecular formula is C12H13IN2O2. The third-order valence-electron chi connectivity index (χ3n) is 2.41. The van der Waals surface area contributed by atoms with E-state index in [1.54, 1.807) is 0 Å². The highest BCUT2D eigenvalue weighted by atomic mass is 127. The van der Waals surface area contributed by atoms with Crippen molar-refractivity contribution in [2.75, 3.05) is 0 Å². The fourth-order valence-electron chi connectivity index (χ4n) is 1.54. The van der Waals surface area contributed by atoms with Crippen LogP contribution in [-0.2, 0) is 0 Å². The van der Waals surface area contributed by atoms with E-state index < -0.39 is 0 Å². The first-order valence-corrected chi connectivity index (χ1v) is 6.43. The van der Waals surface area contributed by atoms with E-state index >= 15 is 0 Å². The smallest absolute Gasteiger partial charge is 0.264 e. The lowest BCUT2D eigenvalue weighted by molar-refractivity contribution is 0.543. The van der Waals surface area contributed by atoms with Crippen molar-refractivity contribution in [2.24, 2.45) is 0 Å². The lowest BCUT2D eigenvalue weighted by atomic mass is 10.1. The van der Waals surface area contributed by atoms with E-state index in [9.17, 15) is 4.79 Å². The second-order valence-electron chi connectivity index (χ2n) is 4.18. The SMILES string of the molecule is Cc1ccc(-c2nc(C(C)C)c(I)c(=O)[nH]2)o1. The fraction of sp³-hybridized carbons (Fsp3) is 0.333. The maximum Gasteiger partial charge on any atom is 0.264 e. The first kappa shape index (κ1) is 12.3. The third kappa shape index (κ3) is 2.43. The van der Waals surface area contributed by atoms with Gasteiger partial charge in [0.15, 0.2) is 11.6 Å². The minimum Gasteiger partial charge on any atom is -0.458 e. The molecule has 0 aliphatic heterocycles. The number of furan rings is 1. The van der Waals surface area contributed by atoms with Gasteiger partial charge in [-0.3, -0.25) is 4.79 Å². The van der Waals surface area contributed by atoms with E-state index in [4.69, 9.17) is 4.42 Å². The molecule has 0 saturated carbocycles. The van der Waals surface area contributed by atoms with E-state index in [-0.39, 0.29) is 11.5 Å². The molecule has 0 unspecified atom stereocenters. The number of hydrogen-bond acceptors (Lipinski definition) is 3. The number of H-pyrrole nitrogens is 1. The molecular weight excluding hydrogens is 331 g/mol. The van der Waals surface area contributed by atoms with E-state index in [1.165, 1.54) is 0 Å². The Morgan fingerprint density at radius 2 is 2.12 bits per heavy atom. The Kier molecular flexibility index (Phi) is 3.37. The fourth-order valence-corrected chi connectivity index (χ4v) is 2.42. The highest BCUT2D eigenvalue weighted by molar-refractivity contribution is 14.1. The highest BCUT2D eigenvalue weighted by Crippen LogP contribution is 2.21. The number of nitrogens with zero attached hydrogens (tertiary/aromatic N) is 1. The zero-order chi connectivity index (χ0) is 12.6. The van der Waals surface area contributed by atoms with Crippen LogP contribution in [0.1, 0.15) is 31.2 Å². The van der Waals surface area contributed by atoms with Gasteiger partial charge in [0, 0.05) is 0 Å². The van der Waals surface area contributed by atoms with Crippen LogP contribution in [0.4, 0.5) is 0 Å². The summed E-state index contributed by atoms with van der Waals surface area (Å²) in [5.41, 5.74) is 0.687. The first-order valence-electron chi connectivity index (χ1n) is 5.35. The van der Waals surface area contributed by atoms with Gasteiger partial charge in [-0.1, -0.05) is 13.8 Å². The largest absolute Gasteiger partial charge is 0.458 e. The number of halogens is 1. The van der Waals surface area contributed by atoms with Crippen molar-refractivity contribution in [1.82, 2.24) is 9.97 Å². The predicted molar refractivity (Wildman–Crippen MR) is 74.1 cm³/mol. The van der Waals surface area contributed by atoms with Gasteiger partial charge in [0.05, 0.1) is 9.26 Å². The van der Waals surface area contributed by atoms with E-state index in [0.29, 0.717) is 15.2 Å². The minimum atomic E-state index is -0.117. The molecule has 0 aliphatic carbocycles. The van der Waals surface area contributed by atoms with Crippen LogP contribution in [0, 0.1) is 10.5 Å².